The molecule has 1 unspecified atom stereocenters. The summed E-state index contributed by atoms with van der Waals surface area (Å²) in [6.07, 6.45) is 0. The summed E-state index contributed by atoms with van der Waals surface area (Å²) in [4.78, 5) is 11.7. The lowest BCUT2D eigenvalue weighted by Gasteiger charge is -2.15. The minimum Gasteiger partial charge on any atom is -0.465 e. The summed E-state index contributed by atoms with van der Waals surface area (Å²) < 4.78 is 24.0. The monoisotopic (exact) mass is 341 g/mol. The van der Waals surface area contributed by atoms with Gasteiger partial charge in [0.2, 0.25) is 0 Å². The van der Waals surface area contributed by atoms with E-state index in [0.717, 1.165) is 0 Å². The van der Waals surface area contributed by atoms with Crippen molar-refractivity contribution in [1.29, 1.82) is 0 Å². The van der Waals surface area contributed by atoms with Crippen LogP contribution < -0.4 is 5.32 Å². The zero-order valence-electron chi connectivity index (χ0n) is 10.9. The van der Waals surface area contributed by atoms with Gasteiger partial charge < -0.3 is 14.5 Å². The highest BCUT2D eigenvalue weighted by Gasteiger charge is 2.16. The maximum atomic E-state index is 13.3. The third-order valence-electron chi connectivity index (χ3n) is 2.78. The van der Waals surface area contributed by atoms with Gasteiger partial charge in [0.15, 0.2) is 4.67 Å². The zero-order valence-corrected chi connectivity index (χ0v) is 12.5. The van der Waals surface area contributed by atoms with Crippen LogP contribution in [0.25, 0.3) is 0 Å². The molecule has 0 aliphatic heterocycles. The molecule has 1 atom stereocenters. The molecule has 1 N–H and O–H groups in total. The van der Waals surface area contributed by atoms with Crippen LogP contribution in [0.2, 0.25) is 0 Å². The summed E-state index contributed by atoms with van der Waals surface area (Å²) in [5.74, 6) is -0.301. The van der Waals surface area contributed by atoms with E-state index < -0.39 is 11.8 Å². The van der Waals surface area contributed by atoms with Crippen molar-refractivity contribution in [3.05, 3.63) is 52.1 Å². The van der Waals surface area contributed by atoms with Crippen molar-refractivity contribution in [3.63, 3.8) is 0 Å². The van der Waals surface area contributed by atoms with E-state index in [1.807, 2.05) is 6.92 Å². The number of rotatable bonds is 4. The number of hydrogen-bond acceptors (Lipinski definition) is 4. The van der Waals surface area contributed by atoms with Gasteiger partial charge in [-0.15, -0.1) is 0 Å². The Morgan fingerprint density at radius 3 is 2.75 bits per heavy atom. The van der Waals surface area contributed by atoms with Crippen molar-refractivity contribution >= 4 is 27.6 Å². The van der Waals surface area contributed by atoms with E-state index >= 15 is 0 Å². The molecule has 106 valence electrons. The van der Waals surface area contributed by atoms with Crippen LogP contribution in [-0.2, 0) is 4.74 Å². The Bertz CT molecular complexity index is 627. The molecule has 0 spiro atoms. The molecular formula is C14H13BrFNO3. The smallest absolute Gasteiger partial charge is 0.339 e. The lowest BCUT2D eigenvalue weighted by atomic mass is 10.1. The van der Waals surface area contributed by atoms with Crippen molar-refractivity contribution in [3.8, 4) is 0 Å². The highest BCUT2D eigenvalue weighted by atomic mass is 79.9. The van der Waals surface area contributed by atoms with Crippen LogP contribution in [0, 0.1) is 5.82 Å². The zero-order chi connectivity index (χ0) is 14.7. The summed E-state index contributed by atoms with van der Waals surface area (Å²) in [5, 5.41) is 3.04. The highest BCUT2D eigenvalue weighted by molar-refractivity contribution is 9.10. The Morgan fingerprint density at radius 1 is 1.40 bits per heavy atom. The van der Waals surface area contributed by atoms with Gasteiger partial charge in [0, 0.05) is 0 Å². The number of carbonyl (C=O) groups excluding carboxylic acids is 1. The van der Waals surface area contributed by atoms with E-state index in [1.54, 1.807) is 12.1 Å². The molecule has 0 saturated carbocycles. The van der Waals surface area contributed by atoms with Crippen molar-refractivity contribution in [2.45, 2.75) is 13.0 Å². The first-order valence-electron chi connectivity index (χ1n) is 5.91. The van der Waals surface area contributed by atoms with Crippen LogP contribution in [0.1, 0.15) is 29.1 Å². The number of nitrogens with one attached hydrogen (secondary N) is 1. The van der Waals surface area contributed by atoms with Gasteiger partial charge in [-0.1, -0.05) is 0 Å². The molecular weight excluding hydrogens is 329 g/mol. The summed E-state index contributed by atoms with van der Waals surface area (Å²) in [5.41, 5.74) is 0.628. The molecule has 6 heteroatoms. The van der Waals surface area contributed by atoms with Crippen LogP contribution >= 0.6 is 15.9 Å². The molecule has 1 heterocycles. The molecule has 4 nitrogen and oxygen atoms in total. The first kappa shape index (κ1) is 14.6. The van der Waals surface area contributed by atoms with Crippen LogP contribution in [0.4, 0.5) is 10.1 Å². The van der Waals surface area contributed by atoms with Crippen LogP contribution in [-0.4, -0.2) is 13.1 Å². The Hall–Kier alpha value is -1.82. The molecule has 2 rings (SSSR count). The molecule has 0 saturated heterocycles. The minimum atomic E-state index is -0.527. The number of methoxy groups -OCH3 is 1. The SMILES string of the molecule is COC(=O)c1ccc(F)cc1NC(C)c1ccc(Br)o1. The molecule has 0 aliphatic carbocycles. The third-order valence-corrected chi connectivity index (χ3v) is 3.21. The molecule has 0 fully saturated rings. The summed E-state index contributed by atoms with van der Waals surface area (Å²) in [7, 11) is 1.28. The summed E-state index contributed by atoms with van der Waals surface area (Å²) >= 11 is 3.22. The molecule has 1 aromatic heterocycles. The fourth-order valence-corrected chi connectivity index (χ4v) is 2.11. The minimum absolute atomic E-state index is 0.230. The second-order valence-electron chi connectivity index (χ2n) is 4.19. The maximum Gasteiger partial charge on any atom is 0.339 e. The van der Waals surface area contributed by atoms with E-state index in [4.69, 9.17) is 4.42 Å². The average molecular weight is 342 g/mol. The fraction of sp³-hybridized carbons (Fsp3) is 0.214. The van der Waals surface area contributed by atoms with Gasteiger partial charge in [-0.3, -0.25) is 0 Å². The lowest BCUT2D eigenvalue weighted by Crippen LogP contribution is -2.11. The number of hydrogen-bond donors (Lipinski definition) is 1. The van der Waals surface area contributed by atoms with Gasteiger partial charge in [-0.2, -0.15) is 0 Å². The van der Waals surface area contributed by atoms with Gasteiger partial charge in [0.05, 0.1) is 24.4 Å². The predicted octanol–water partition coefficient (Wildman–Crippen LogP) is 4.14. The largest absolute Gasteiger partial charge is 0.465 e. The first-order valence-corrected chi connectivity index (χ1v) is 6.70. The number of halogens is 2. The number of carbonyl (C=O) groups is 1. The van der Waals surface area contributed by atoms with Crippen molar-refractivity contribution in [2.24, 2.45) is 0 Å². The van der Waals surface area contributed by atoms with Gasteiger partial charge in [-0.25, -0.2) is 9.18 Å². The molecule has 0 bridgehead atoms. The van der Waals surface area contributed by atoms with Crippen LogP contribution in [0.3, 0.4) is 0 Å². The molecule has 20 heavy (non-hydrogen) atoms. The maximum absolute atomic E-state index is 13.3. The number of anilines is 1. The molecule has 1 aromatic carbocycles. The van der Waals surface area contributed by atoms with E-state index in [1.165, 1.54) is 25.3 Å². The van der Waals surface area contributed by atoms with E-state index in [2.05, 4.69) is 26.0 Å². The van der Waals surface area contributed by atoms with Crippen molar-refractivity contribution < 1.29 is 18.3 Å². The molecule has 2 aromatic rings. The molecule has 0 aliphatic rings. The Labute approximate surface area is 124 Å². The second kappa shape index (κ2) is 6.09. The number of ether oxygens (including phenoxy) is 1. The Kier molecular flexibility index (Phi) is 4.44. The van der Waals surface area contributed by atoms with Gasteiger partial charge >= 0.3 is 5.97 Å². The summed E-state index contributed by atoms with van der Waals surface area (Å²) in [6, 6.07) is 7.17. The standard InChI is InChI=1S/C14H13BrFNO3/c1-8(12-5-6-13(15)20-12)17-11-7-9(16)3-4-10(11)14(18)19-2/h3-8,17H,1-2H3. The normalized spacial score (nSPS) is 12.0. The molecule has 0 amide bonds. The topological polar surface area (TPSA) is 51.5 Å². The van der Waals surface area contributed by atoms with Crippen LogP contribution in [0.15, 0.2) is 39.4 Å². The Balaban J connectivity index is 2.28. The number of furan rings is 1. The number of esters is 1. The van der Waals surface area contributed by atoms with Crippen molar-refractivity contribution in [1.82, 2.24) is 0 Å². The van der Waals surface area contributed by atoms with E-state index in [0.29, 0.717) is 16.1 Å². The fourth-order valence-electron chi connectivity index (χ4n) is 1.79. The quantitative estimate of drug-likeness (QED) is 0.849. The van der Waals surface area contributed by atoms with Crippen LogP contribution in [0.5, 0.6) is 0 Å². The highest BCUT2D eigenvalue weighted by Crippen LogP contribution is 2.26. The Morgan fingerprint density at radius 2 is 2.15 bits per heavy atom. The average Bonchev–Trinajstić information content (AvgIpc) is 2.85. The van der Waals surface area contributed by atoms with Gasteiger partial charge in [0.1, 0.15) is 11.6 Å². The number of benzene rings is 1. The van der Waals surface area contributed by atoms with E-state index in [-0.39, 0.29) is 11.6 Å². The van der Waals surface area contributed by atoms with Crippen molar-refractivity contribution in [2.75, 3.05) is 12.4 Å². The summed E-state index contributed by atoms with van der Waals surface area (Å²) in [6.45, 7) is 1.84. The lowest BCUT2D eigenvalue weighted by molar-refractivity contribution is 0.0601. The van der Waals surface area contributed by atoms with E-state index in [9.17, 15) is 9.18 Å². The third kappa shape index (κ3) is 3.19. The van der Waals surface area contributed by atoms with Gasteiger partial charge in [-0.05, 0) is 53.2 Å². The molecule has 0 radical (unpaired) electrons. The second-order valence-corrected chi connectivity index (χ2v) is 4.97. The first-order chi connectivity index (χ1) is 9.51. The predicted molar refractivity (Wildman–Crippen MR) is 76.2 cm³/mol. The van der Waals surface area contributed by atoms with Gasteiger partial charge in [0.25, 0.3) is 0 Å².